The van der Waals surface area contributed by atoms with E-state index in [0.29, 0.717) is 33.8 Å². The Balaban J connectivity index is 1.31. The highest BCUT2D eigenvalue weighted by Gasteiger charge is 2.18. The zero-order chi connectivity index (χ0) is 21.0. The lowest BCUT2D eigenvalue weighted by molar-refractivity contribution is -0.113. The van der Waals surface area contributed by atoms with Crippen LogP contribution in [0, 0.1) is 0 Å². The van der Waals surface area contributed by atoms with Gasteiger partial charge in [0, 0.05) is 5.39 Å². The molecule has 0 aliphatic heterocycles. The standard InChI is InChI=1S/C22H15N5O3S/c28-19(24-15-11-14-5-1-2-6-16(14)23-12-15)13-31-22-25-20(17-7-3-9-29-17)21(26-27-22)18-8-4-10-30-18/h1-12H,13H2,(H,24,28). The van der Waals surface area contributed by atoms with E-state index in [1.807, 2.05) is 30.3 Å². The van der Waals surface area contributed by atoms with Gasteiger partial charge in [0.25, 0.3) is 0 Å². The van der Waals surface area contributed by atoms with E-state index in [1.54, 1.807) is 43.0 Å². The molecule has 1 aromatic carbocycles. The molecule has 0 saturated heterocycles. The van der Waals surface area contributed by atoms with Crippen molar-refractivity contribution in [2.24, 2.45) is 0 Å². The Morgan fingerprint density at radius 3 is 2.48 bits per heavy atom. The Hall–Kier alpha value is -3.98. The molecule has 31 heavy (non-hydrogen) atoms. The molecule has 4 heterocycles. The van der Waals surface area contributed by atoms with Crippen molar-refractivity contribution in [2.45, 2.75) is 5.16 Å². The highest BCUT2D eigenvalue weighted by Crippen LogP contribution is 2.30. The Morgan fingerprint density at radius 2 is 1.71 bits per heavy atom. The van der Waals surface area contributed by atoms with Gasteiger partial charge in [-0.3, -0.25) is 9.78 Å². The molecule has 1 amide bonds. The van der Waals surface area contributed by atoms with Gasteiger partial charge in [-0.15, -0.1) is 10.2 Å². The maximum Gasteiger partial charge on any atom is 0.234 e. The summed E-state index contributed by atoms with van der Waals surface area (Å²) in [6.45, 7) is 0. The average Bonchev–Trinajstić information content (AvgIpc) is 3.52. The number of carbonyl (C=O) groups excluding carboxylic acids is 1. The molecular formula is C22H15N5O3S. The summed E-state index contributed by atoms with van der Waals surface area (Å²) in [5.41, 5.74) is 2.47. The molecule has 152 valence electrons. The maximum atomic E-state index is 12.4. The van der Waals surface area contributed by atoms with Crippen molar-refractivity contribution in [1.82, 2.24) is 20.2 Å². The minimum atomic E-state index is -0.194. The number of aromatic nitrogens is 4. The quantitative estimate of drug-likeness (QED) is 0.388. The molecule has 0 saturated carbocycles. The molecule has 0 atom stereocenters. The van der Waals surface area contributed by atoms with Crippen LogP contribution in [-0.2, 0) is 4.79 Å². The van der Waals surface area contributed by atoms with E-state index in [-0.39, 0.29) is 11.7 Å². The lowest BCUT2D eigenvalue weighted by Gasteiger charge is -2.07. The molecule has 0 bridgehead atoms. The van der Waals surface area contributed by atoms with Gasteiger partial charge in [-0.1, -0.05) is 30.0 Å². The van der Waals surface area contributed by atoms with Crippen molar-refractivity contribution in [3.05, 3.63) is 73.3 Å². The first-order chi connectivity index (χ1) is 15.3. The average molecular weight is 429 g/mol. The van der Waals surface area contributed by atoms with Crippen molar-refractivity contribution in [1.29, 1.82) is 0 Å². The monoisotopic (exact) mass is 429 g/mol. The lowest BCUT2D eigenvalue weighted by Crippen LogP contribution is -2.14. The third-order valence-electron chi connectivity index (χ3n) is 4.38. The molecule has 5 rings (SSSR count). The predicted molar refractivity (Wildman–Crippen MR) is 116 cm³/mol. The van der Waals surface area contributed by atoms with E-state index in [4.69, 9.17) is 8.83 Å². The second kappa shape index (κ2) is 8.41. The Morgan fingerprint density at radius 1 is 0.935 bits per heavy atom. The predicted octanol–water partition coefficient (Wildman–Crippen LogP) is 4.67. The summed E-state index contributed by atoms with van der Waals surface area (Å²) < 4.78 is 10.9. The van der Waals surface area contributed by atoms with Gasteiger partial charge in [0.2, 0.25) is 11.1 Å². The smallest absolute Gasteiger partial charge is 0.234 e. The van der Waals surface area contributed by atoms with E-state index in [9.17, 15) is 4.79 Å². The molecular weight excluding hydrogens is 414 g/mol. The summed E-state index contributed by atoms with van der Waals surface area (Å²) >= 11 is 1.18. The van der Waals surface area contributed by atoms with E-state index in [1.165, 1.54) is 11.8 Å². The van der Waals surface area contributed by atoms with Gasteiger partial charge in [0.05, 0.1) is 35.7 Å². The number of para-hydroxylation sites is 1. The number of benzene rings is 1. The van der Waals surface area contributed by atoms with Crippen molar-refractivity contribution in [3.8, 4) is 22.9 Å². The highest BCUT2D eigenvalue weighted by atomic mass is 32.2. The second-order valence-corrected chi connectivity index (χ2v) is 7.44. The Kier molecular flexibility index (Phi) is 5.16. The fourth-order valence-corrected chi connectivity index (χ4v) is 3.59. The Bertz CT molecular complexity index is 1340. The first kappa shape index (κ1) is 19.0. The van der Waals surface area contributed by atoms with Crippen LogP contribution in [-0.4, -0.2) is 31.8 Å². The van der Waals surface area contributed by atoms with Crippen LogP contribution >= 0.6 is 11.8 Å². The van der Waals surface area contributed by atoms with Crippen LogP contribution in [0.15, 0.2) is 87.3 Å². The number of pyridine rings is 1. The summed E-state index contributed by atoms with van der Waals surface area (Å²) in [7, 11) is 0. The SMILES string of the molecule is O=C(CSc1nnc(-c2ccco2)c(-c2ccco2)n1)Nc1cnc2ccccc2c1. The van der Waals surface area contributed by atoms with Crippen LogP contribution in [0.25, 0.3) is 33.8 Å². The van der Waals surface area contributed by atoms with Gasteiger partial charge < -0.3 is 14.2 Å². The molecule has 0 fully saturated rings. The number of amides is 1. The number of carbonyl (C=O) groups is 1. The molecule has 0 aliphatic carbocycles. The molecule has 4 aromatic heterocycles. The van der Waals surface area contributed by atoms with Gasteiger partial charge >= 0.3 is 0 Å². The zero-order valence-electron chi connectivity index (χ0n) is 16.1. The largest absolute Gasteiger partial charge is 0.463 e. The minimum absolute atomic E-state index is 0.117. The first-order valence-corrected chi connectivity index (χ1v) is 10.3. The summed E-state index contributed by atoms with van der Waals surface area (Å²) in [6, 6.07) is 16.7. The van der Waals surface area contributed by atoms with Crippen molar-refractivity contribution in [3.63, 3.8) is 0 Å². The van der Waals surface area contributed by atoms with Crippen LogP contribution in [0.4, 0.5) is 5.69 Å². The van der Waals surface area contributed by atoms with Gasteiger partial charge in [-0.05, 0) is 36.4 Å². The molecule has 8 nitrogen and oxygen atoms in total. The van der Waals surface area contributed by atoms with E-state index >= 15 is 0 Å². The third-order valence-corrected chi connectivity index (χ3v) is 5.22. The maximum absolute atomic E-state index is 12.4. The van der Waals surface area contributed by atoms with Crippen molar-refractivity contribution >= 4 is 34.3 Å². The molecule has 0 unspecified atom stereocenters. The summed E-state index contributed by atoms with van der Waals surface area (Å²) in [5, 5.41) is 12.5. The number of fused-ring (bicyclic) bond motifs is 1. The molecule has 5 aromatic rings. The Labute approximate surface area is 180 Å². The van der Waals surface area contributed by atoms with Crippen LogP contribution in [0.5, 0.6) is 0 Å². The number of anilines is 1. The number of nitrogens with zero attached hydrogens (tertiary/aromatic N) is 4. The van der Waals surface area contributed by atoms with Crippen LogP contribution in [0.3, 0.4) is 0 Å². The number of rotatable bonds is 6. The number of hydrogen-bond donors (Lipinski definition) is 1. The molecule has 0 spiro atoms. The van der Waals surface area contributed by atoms with Crippen LogP contribution < -0.4 is 5.32 Å². The number of thioether (sulfide) groups is 1. The summed E-state index contributed by atoms with van der Waals surface area (Å²) in [5.74, 6) is 0.992. The van der Waals surface area contributed by atoms with Gasteiger partial charge in [-0.25, -0.2) is 4.98 Å². The number of hydrogen-bond acceptors (Lipinski definition) is 8. The first-order valence-electron chi connectivity index (χ1n) is 9.36. The van der Waals surface area contributed by atoms with Gasteiger partial charge in [0.15, 0.2) is 17.2 Å². The van der Waals surface area contributed by atoms with E-state index in [2.05, 4.69) is 25.5 Å². The van der Waals surface area contributed by atoms with Crippen molar-refractivity contribution < 1.29 is 13.6 Å². The molecule has 9 heteroatoms. The summed E-state index contributed by atoms with van der Waals surface area (Å²) in [4.78, 5) is 21.3. The van der Waals surface area contributed by atoms with E-state index in [0.717, 1.165) is 10.9 Å². The zero-order valence-corrected chi connectivity index (χ0v) is 16.9. The normalized spacial score (nSPS) is 11.0. The van der Waals surface area contributed by atoms with Crippen molar-refractivity contribution in [2.75, 3.05) is 11.1 Å². The lowest BCUT2D eigenvalue weighted by atomic mass is 10.2. The molecule has 0 aliphatic rings. The topological polar surface area (TPSA) is 107 Å². The summed E-state index contributed by atoms with van der Waals surface area (Å²) in [6.07, 6.45) is 4.74. The molecule has 0 radical (unpaired) electrons. The van der Waals surface area contributed by atoms with Crippen LogP contribution in [0.2, 0.25) is 0 Å². The minimum Gasteiger partial charge on any atom is -0.463 e. The van der Waals surface area contributed by atoms with E-state index < -0.39 is 0 Å². The number of nitrogens with one attached hydrogen (secondary N) is 1. The number of furan rings is 2. The molecule has 1 N–H and O–H groups in total. The van der Waals surface area contributed by atoms with Gasteiger partial charge in [-0.2, -0.15) is 0 Å². The third kappa shape index (κ3) is 4.17. The van der Waals surface area contributed by atoms with Crippen LogP contribution in [0.1, 0.15) is 0 Å². The second-order valence-electron chi connectivity index (χ2n) is 6.50. The highest BCUT2D eigenvalue weighted by molar-refractivity contribution is 7.99. The van der Waals surface area contributed by atoms with Gasteiger partial charge in [0.1, 0.15) is 5.69 Å². The fourth-order valence-electron chi connectivity index (χ4n) is 3.00. The fraction of sp³-hybridized carbons (Fsp3) is 0.0455.